The summed E-state index contributed by atoms with van der Waals surface area (Å²) in [6.45, 7) is 0.862. The Balaban J connectivity index is 4.26. The van der Waals surface area contributed by atoms with E-state index in [1.165, 1.54) is 0 Å². The van der Waals surface area contributed by atoms with Crippen LogP contribution >= 0.6 is 7.37 Å². The van der Waals surface area contributed by atoms with Crippen molar-refractivity contribution in [3.63, 3.8) is 0 Å². The standard InChI is InChI=1S/C2H7O5PS/c1-8(3,4)2-9(5,6)7/h2H2,1H3,(H,3,4)(H,5,6,7). The monoisotopic (exact) mass is 174 g/mol. The second-order valence-electron chi connectivity index (χ2n) is 1.76. The van der Waals surface area contributed by atoms with Crippen LogP contribution in [0.15, 0.2) is 0 Å². The fourth-order valence-corrected chi connectivity index (χ4v) is 2.72. The molecule has 0 bridgehead atoms. The topological polar surface area (TPSA) is 91.7 Å². The molecule has 1 unspecified atom stereocenters. The molecule has 0 aliphatic carbocycles. The highest BCUT2D eigenvalue weighted by molar-refractivity contribution is 7.93. The minimum absolute atomic E-state index is 0.862. The third-order valence-electron chi connectivity index (χ3n) is 0.403. The molecule has 0 spiro atoms. The number of rotatable bonds is 2. The molecule has 0 fully saturated rings. The molecule has 0 aromatic rings. The third-order valence-corrected chi connectivity index (χ3v) is 3.62. The van der Waals surface area contributed by atoms with Gasteiger partial charge in [-0.15, -0.1) is 0 Å². The summed E-state index contributed by atoms with van der Waals surface area (Å²) in [5.41, 5.74) is -1.07. The van der Waals surface area contributed by atoms with Gasteiger partial charge < -0.3 is 4.89 Å². The molecular formula is C2H7O5PS. The summed E-state index contributed by atoms with van der Waals surface area (Å²) in [5.74, 6) is 0. The second-order valence-corrected chi connectivity index (χ2v) is 6.06. The van der Waals surface area contributed by atoms with Gasteiger partial charge in [-0.1, -0.05) is 0 Å². The largest absolute Gasteiger partial charge is 0.344 e. The van der Waals surface area contributed by atoms with Crippen LogP contribution in [0.25, 0.3) is 0 Å². The summed E-state index contributed by atoms with van der Waals surface area (Å²) in [7, 11) is -7.92. The molecule has 0 saturated carbocycles. The van der Waals surface area contributed by atoms with Crippen LogP contribution in [0.1, 0.15) is 0 Å². The summed E-state index contributed by atoms with van der Waals surface area (Å²) in [6.07, 6.45) is 0. The van der Waals surface area contributed by atoms with E-state index >= 15 is 0 Å². The van der Waals surface area contributed by atoms with Crippen molar-refractivity contribution in [3.05, 3.63) is 0 Å². The molecular weight excluding hydrogens is 167 g/mol. The van der Waals surface area contributed by atoms with Crippen LogP contribution in [0.2, 0.25) is 0 Å². The zero-order valence-corrected chi connectivity index (χ0v) is 6.39. The highest BCUT2D eigenvalue weighted by Gasteiger charge is 2.18. The smallest absolute Gasteiger partial charge is 0.274 e. The van der Waals surface area contributed by atoms with E-state index in [1.54, 1.807) is 0 Å². The van der Waals surface area contributed by atoms with Crippen molar-refractivity contribution in [2.24, 2.45) is 0 Å². The Labute approximate surface area is 52.9 Å². The van der Waals surface area contributed by atoms with Crippen molar-refractivity contribution in [1.29, 1.82) is 0 Å². The third kappa shape index (κ3) is 8.10. The van der Waals surface area contributed by atoms with Gasteiger partial charge in [0.05, 0.1) is 0 Å². The summed E-state index contributed by atoms with van der Waals surface area (Å²) in [6, 6.07) is 0. The van der Waals surface area contributed by atoms with Gasteiger partial charge in [0.1, 0.15) is 0 Å². The molecule has 2 N–H and O–H groups in total. The van der Waals surface area contributed by atoms with E-state index in [-0.39, 0.29) is 0 Å². The van der Waals surface area contributed by atoms with E-state index < -0.39 is 23.0 Å². The second kappa shape index (κ2) is 2.38. The van der Waals surface area contributed by atoms with Gasteiger partial charge in [-0.05, 0) is 0 Å². The van der Waals surface area contributed by atoms with Crippen molar-refractivity contribution in [2.45, 2.75) is 0 Å². The van der Waals surface area contributed by atoms with Crippen LogP contribution in [0.4, 0.5) is 0 Å². The quantitative estimate of drug-likeness (QED) is 0.444. The van der Waals surface area contributed by atoms with E-state index in [1.807, 2.05) is 0 Å². The van der Waals surface area contributed by atoms with E-state index in [0.29, 0.717) is 0 Å². The molecule has 0 rings (SSSR count). The molecule has 1 atom stereocenters. The Morgan fingerprint density at radius 1 is 1.56 bits per heavy atom. The average Bonchev–Trinajstić information content (AvgIpc) is 1.14. The van der Waals surface area contributed by atoms with Crippen molar-refractivity contribution < 1.29 is 22.4 Å². The minimum Gasteiger partial charge on any atom is -0.344 e. The first kappa shape index (κ1) is 9.10. The van der Waals surface area contributed by atoms with Crippen molar-refractivity contribution in [3.8, 4) is 0 Å². The van der Waals surface area contributed by atoms with Gasteiger partial charge in [-0.2, -0.15) is 8.42 Å². The van der Waals surface area contributed by atoms with E-state index in [4.69, 9.17) is 9.45 Å². The summed E-state index contributed by atoms with van der Waals surface area (Å²) < 4.78 is 38.0. The van der Waals surface area contributed by atoms with Crippen LogP contribution in [0, 0.1) is 0 Å². The predicted molar refractivity (Wildman–Crippen MR) is 32.2 cm³/mol. The van der Waals surface area contributed by atoms with Crippen LogP contribution in [-0.4, -0.2) is 30.0 Å². The Hall–Kier alpha value is 0.1000. The van der Waals surface area contributed by atoms with Crippen LogP contribution in [0.3, 0.4) is 0 Å². The van der Waals surface area contributed by atoms with Gasteiger partial charge in [-0.3, -0.25) is 9.12 Å². The maximum absolute atomic E-state index is 10.2. The summed E-state index contributed by atoms with van der Waals surface area (Å²) in [4.78, 5) is 8.37. The molecule has 5 nitrogen and oxygen atoms in total. The molecule has 0 amide bonds. The van der Waals surface area contributed by atoms with Gasteiger partial charge >= 0.3 is 0 Å². The van der Waals surface area contributed by atoms with E-state index in [0.717, 1.165) is 6.66 Å². The first-order valence-electron chi connectivity index (χ1n) is 1.95. The molecule has 0 radical (unpaired) electrons. The fraction of sp³-hybridized carbons (Fsp3) is 1.00. The molecule has 0 aromatic carbocycles. The van der Waals surface area contributed by atoms with Gasteiger partial charge in [-0.25, -0.2) is 0 Å². The molecule has 56 valence electrons. The van der Waals surface area contributed by atoms with Crippen molar-refractivity contribution in [1.82, 2.24) is 0 Å². The highest BCUT2D eigenvalue weighted by Crippen LogP contribution is 2.35. The summed E-state index contributed by atoms with van der Waals surface area (Å²) in [5, 5.41) is 0. The first-order chi connectivity index (χ1) is 3.71. The van der Waals surface area contributed by atoms with Crippen molar-refractivity contribution in [2.75, 3.05) is 12.2 Å². The number of hydrogen-bond donors (Lipinski definition) is 2. The van der Waals surface area contributed by atoms with Crippen LogP contribution < -0.4 is 0 Å². The number of hydrogen-bond acceptors (Lipinski definition) is 3. The maximum atomic E-state index is 10.2. The Morgan fingerprint density at radius 2 is 1.89 bits per heavy atom. The van der Waals surface area contributed by atoms with Gasteiger partial charge in [0.15, 0.2) is 5.49 Å². The zero-order chi connectivity index (χ0) is 7.71. The van der Waals surface area contributed by atoms with Gasteiger partial charge in [0.25, 0.3) is 10.1 Å². The van der Waals surface area contributed by atoms with E-state index in [2.05, 4.69) is 0 Å². The zero-order valence-electron chi connectivity index (χ0n) is 4.68. The van der Waals surface area contributed by atoms with Gasteiger partial charge in [0.2, 0.25) is 7.37 Å². The Kier molecular flexibility index (Phi) is 2.41. The molecule has 0 aliphatic heterocycles. The lowest BCUT2D eigenvalue weighted by Crippen LogP contribution is -2.03. The molecule has 0 saturated heterocycles. The van der Waals surface area contributed by atoms with Crippen LogP contribution in [0.5, 0.6) is 0 Å². The van der Waals surface area contributed by atoms with Gasteiger partial charge in [0, 0.05) is 6.66 Å². The average molecular weight is 174 g/mol. The van der Waals surface area contributed by atoms with E-state index in [9.17, 15) is 13.0 Å². The SMILES string of the molecule is CP(=O)(O)CS(=O)(=O)O. The Morgan fingerprint density at radius 3 is 1.89 bits per heavy atom. The lowest BCUT2D eigenvalue weighted by atomic mass is 11.9. The highest BCUT2D eigenvalue weighted by atomic mass is 32.2. The predicted octanol–water partition coefficient (Wildman–Crippen LogP) is -0.268. The molecule has 0 heterocycles. The minimum atomic E-state index is -4.29. The first-order valence-corrected chi connectivity index (χ1v) is 5.85. The Bertz CT molecular complexity index is 221. The molecule has 7 heteroatoms. The normalized spacial score (nSPS) is 19.0. The lowest BCUT2D eigenvalue weighted by molar-refractivity contribution is 0.472. The molecule has 0 aromatic heterocycles. The van der Waals surface area contributed by atoms with Crippen LogP contribution in [-0.2, 0) is 14.7 Å². The maximum Gasteiger partial charge on any atom is 0.274 e. The molecule has 9 heavy (non-hydrogen) atoms. The molecule has 0 aliphatic rings. The summed E-state index contributed by atoms with van der Waals surface area (Å²) >= 11 is 0. The van der Waals surface area contributed by atoms with Crippen molar-refractivity contribution >= 4 is 17.5 Å². The fourth-order valence-electron chi connectivity index (χ4n) is 0.303. The lowest BCUT2D eigenvalue weighted by Gasteiger charge is -1.99.